The lowest BCUT2D eigenvalue weighted by Gasteiger charge is -2.18. The molecular weight excluding hydrogens is 134 g/mol. The molecule has 0 heterocycles. The Bertz CT molecular complexity index is 121. The van der Waals surface area contributed by atoms with Crippen LogP contribution in [-0.2, 0) is 0 Å². The second-order valence-corrected chi connectivity index (χ2v) is 3.50. The summed E-state index contributed by atoms with van der Waals surface area (Å²) in [7, 11) is 0. The summed E-state index contributed by atoms with van der Waals surface area (Å²) in [5.74, 6) is 0. The zero-order valence-electron chi connectivity index (χ0n) is 7.64. The Morgan fingerprint density at radius 3 is 2.64 bits per heavy atom. The minimum Gasteiger partial charge on any atom is -0.311 e. The number of hydrogen-bond acceptors (Lipinski definition) is 1. The summed E-state index contributed by atoms with van der Waals surface area (Å²) in [4.78, 5) is 0. The van der Waals surface area contributed by atoms with Crippen LogP contribution in [0.1, 0.15) is 39.5 Å². The van der Waals surface area contributed by atoms with E-state index in [1.807, 2.05) is 0 Å². The van der Waals surface area contributed by atoms with E-state index in [1.54, 1.807) is 0 Å². The lowest BCUT2D eigenvalue weighted by Crippen LogP contribution is -2.34. The fourth-order valence-corrected chi connectivity index (χ4v) is 1.67. The molecule has 11 heavy (non-hydrogen) atoms. The average molecular weight is 153 g/mol. The molecule has 0 aliphatic heterocycles. The van der Waals surface area contributed by atoms with Crippen LogP contribution in [-0.4, -0.2) is 12.1 Å². The summed E-state index contributed by atoms with van der Waals surface area (Å²) in [5, 5.41) is 3.62. The van der Waals surface area contributed by atoms with Gasteiger partial charge in [-0.3, -0.25) is 0 Å². The Labute approximate surface area is 69.9 Å². The molecule has 1 atom stereocenters. The predicted molar refractivity (Wildman–Crippen MR) is 49.7 cm³/mol. The third-order valence-electron chi connectivity index (χ3n) is 2.25. The van der Waals surface area contributed by atoms with Crippen molar-refractivity contribution < 1.29 is 0 Å². The Hall–Kier alpha value is -0.300. The highest BCUT2D eigenvalue weighted by Gasteiger charge is 2.11. The molecule has 0 aromatic heterocycles. The summed E-state index contributed by atoms with van der Waals surface area (Å²) < 4.78 is 0. The summed E-state index contributed by atoms with van der Waals surface area (Å²) in [5.41, 5.74) is 0. The monoisotopic (exact) mass is 153 g/mol. The van der Waals surface area contributed by atoms with E-state index in [-0.39, 0.29) is 0 Å². The number of nitrogens with one attached hydrogen (secondary N) is 1. The van der Waals surface area contributed by atoms with Crippen LogP contribution in [0, 0.1) is 0 Å². The van der Waals surface area contributed by atoms with Gasteiger partial charge in [-0.1, -0.05) is 25.5 Å². The van der Waals surface area contributed by atoms with Crippen molar-refractivity contribution in [1.29, 1.82) is 0 Å². The second kappa shape index (κ2) is 4.55. The maximum Gasteiger partial charge on any atom is 0.0138 e. The van der Waals surface area contributed by atoms with Gasteiger partial charge in [-0.15, -0.1) is 0 Å². The highest BCUT2D eigenvalue weighted by molar-refractivity contribution is 4.98. The first-order valence-electron chi connectivity index (χ1n) is 4.74. The van der Waals surface area contributed by atoms with E-state index in [4.69, 9.17) is 0 Å². The zero-order chi connectivity index (χ0) is 8.10. The molecule has 0 saturated heterocycles. The van der Waals surface area contributed by atoms with Gasteiger partial charge < -0.3 is 5.32 Å². The Balaban J connectivity index is 2.09. The molecule has 64 valence electrons. The summed E-state index contributed by atoms with van der Waals surface area (Å²) in [6.07, 6.45) is 9.60. The van der Waals surface area contributed by atoms with Crippen molar-refractivity contribution in [3.05, 3.63) is 12.2 Å². The van der Waals surface area contributed by atoms with Crippen LogP contribution in [0.2, 0.25) is 0 Å². The summed E-state index contributed by atoms with van der Waals surface area (Å²) in [6.45, 7) is 4.52. The van der Waals surface area contributed by atoms with Crippen LogP contribution in [0.4, 0.5) is 0 Å². The topological polar surface area (TPSA) is 12.0 Å². The molecule has 1 rings (SSSR count). The van der Waals surface area contributed by atoms with Gasteiger partial charge in [0.2, 0.25) is 0 Å². The number of rotatable bonds is 4. The number of hydrogen-bond donors (Lipinski definition) is 1. The molecule has 1 heteroatoms. The van der Waals surface area contributed by atoms with Gasteiger partial charge in [0, 0.05) is 12.1 Å². The van der Waals surface area contributed by atoms with Crippen LogP contribution >= 0.6 is 0 Å². The van der Waals surface area contributed by atoms with Crippen LogP contribution in [0.15, 0.2) is 12.2 Å². The van der Waals surface area contributed by atoms with Gasteiger partial charge >= 0.3 is 0 Å². The van der Waals surface area contributed by atoms with Crippen molar-refractivity contribution in [3.63, 3.8) is 0 Å². The fraction of sp³-hybridized carbons (Fsp3) is 0.800. The Morgan fingerprint density at radius 2 is 2.09 bits per heavy atom. The summed E-state index contributed by atoms with van der Waals surface area (Å²) in [6, 6.07) is 1.43. The lowest BCUT2D eigenvalue weighted by molar-refractivity contribution is 0.436. The molecule has 0 aromatic carbocycles. The first-order valence-corrected chi connectivity index (χ1v) is 4.74. The molecule has 1 aliphatic rings. The lowest BCUT2D eigenvalue weighted by atomic mass is 10.1. The van der Waals surface area contributed by atoms with Crippen LogP contribution in [0.3, 0.4) is 0 Å². The molecule has 0 spiro atoms. The fourth-order valence-electron chi connectivity index (χ4n) is 1.67. The molecular formula is C10H19N. The molecule has 1 N–H and O–H groups in total. The van der Waals surface area contributed by atoms with Crippen molar-refractivity contribution in [2.45, 2.75) is 51.6 Å². The van der Waals surface area contributed by atoms with Crippen molar-refractivity contribution >= 4 is 0 Å². The van der Waals surface area contributed by atoms with Gasteiger partial charge in [0.05, 0.1) is 0 Å². The molecule has 0 aromatic rings. The largest absolute Gasteiger partial charge is 0.311 e. The van der Waals surface area contributed by atoms with Gasteiger partial charge in [-0.2, -0.15) is 0 Å². The van der Waals surface area contributed by atoms with E-state index in [0.29, 0.717) is 6.04 Å². The SMILES string of the molecule is CCCC(C)NC1CC=CC1. The zero-order valence-corrected chi connectivity index (χ0v) is 7.64. The van der Waals surface area contributed by atoms with Crippen LogP contribution in [0.25, 0.3) is 0 Å². The molecule has 0 fully saturated rings. The highest BCUT2D eigenvalue weighted by Crippen LogP contribution is 2.10. The quantitative estimate of drug-likeness (QED) is 0.612. The van der Waals surface area contributed by atoms with Crippen molar-refractivity contribution in [1.82, 2.24) is 5.32 Å². The standard InChI is InChI=1S/C10H19N/c1-3-6-9(2)11-10-7-4-5-8-10/h4-5,9-11H,3,6-8H2,1-2H3. The summed E-state index contributed by atoms with van der Waals surface area (Å²) >= 11 is 0. The van der Waals surface area contributed by atoms with E-state index in [1.165, 1.54) is 25.7 Å². The van der Waals surface area contributed by atoms with Crippen molar-refractivity contribution in [2.75, 3.05) is 0 Å². The smallest absolute Gasteiger partial charge is 0.0138 e. The maximum absolute atomic E-state index is 3.62. The van der Waals surface area contributed by atoms with Crippen LogP contribution in [0.5, 0.6) is 0 Å². The van der Waals surface area contributed by atoms with Gasteiger partial charge in [-0.05, 0) is 26.2 Å². The normalized spacial score (nSPS) is 20.9. The molecule has 0 bridgehead atoms. The minimum atomic E-state index is 0.699. The van der Waals surface area contributed by atoms with Gasteiger partial charge in [0.1, 0.15) is 0 Å². The Morgan fingerprint density at radius 1 is 1.45 bits per heavy atom. The van der Waals surface area contributed by atoms with Crippen molar-refractivity contribution in [2.24, 2.45) is 0 Å². The Kier molecular flexibility index (Phi) is 3.64. The van der Waals surface area contributed by atoms with Crippen LogP contribution < -0.4 is 5.32 Å². The van der Waals surface area contributed by atoms with E-state index in [9.17, 15) is 0 Å². The minimum absolute atomic E-state index is 0.699. The average Bonchev–Trinajstić information content (AvgIpc) is 2.40. The molecule has 1 aliphatic carbocycles. The first kappa shape index (κ1) is 8.79. The molecule has 1 nitrogen and oxygen atoms in total. The molecule has 1 unspecified atom stereocenters. The van der Waals surface area contributed by atoms with E-state index < -0.39 is 0 Å². The second-order valence-electron chi connectivity index (χ2n) is 3.50. The molecule has 0 amide bonds. The van der Waals surface area contributed by atoms with Gasteiger partial charge in [0.15, 0.2) is 0 Å². The predicted octanol–water partition coefficient (Wildman–Crippen LogP) is 2.48. The van der Waals surface area contributed by atoms with E-state index in [2.05, 4.69) is 31.3 Å². The molecule has 0 radical (unpaired) electrons. The molecule has 0 saturated carbocycles. The van der Waals surface area contributed by atoms with Crippen molar-refractivity contribution in [3.8, 4) is 0 Å². The first-order chi connectivity index (χ1) is 5.33. The highest BCUT2D eigenvalue weighted by atomic mass is 14.9. The third kappa shape index (κ3) is 3.06. The van der Waals surface area contributed by atoms with E-state index >= 15 is 0 Å². The van der Waals surface area contributed by atoms with E-state index in [0.717, 1.165) is 6.04 Å². The third-order valence-corrected chi connectivity index (χ3v) is 2.25. The maximum atomic E-state index is 3.62. The van der Waals surface area contributed by atoms with Gasteiger partial charge in [0.25, 0.3) is 0 Å². The van der Waals surface area contributed by atoms with Gasteiger partial charge in [-0.25, -0.2) is 0 Å².